The highest BCUT2D eigenvalue weighted by Crippen LogP contribution is 2.49. The zero-order chi connectivity index (χ0) is 19.4. The average molecular weight is 401 g/mol. The Morgan fingerprint density at radius 3 is 3.00 bits per heavy atom. The van der Waals surface area contributed by atoms with Gasteiger partial charge < -0.3 is 20.1 Å². The first-order valence-corrected chi connectivity index (χ1v) is 9.50. The van der Waals surface area contributed by atoms with Crippen molar-refractivity contribution < 1.29 is 14.2 Å². The molecule has 0 radical (unpaired) electrons. The van der Waals surface area contributed by atoms with Crippen molar-refractivity contribution in [3.05, 3.63) is 40.9 Å². The Bertz CT molecular complexity index is 1090. The highest BCUT2D eigenvalue weighted by Gasteiger charge is 2.34. The summed E-state index contributed by atoms with van der Waals surface area (Å²) in [6, 6.07) is 5.08. The summed E-state index contributed by atoms with van der Waals surface area (Å²) >= 11 is 6.68. The van der Waals surface area contributed by atoms with Crippen LogP contribution in [-0.4, -0.2) is 47.4 Å². The van der Waals surface area contributed by atoms with Crippen LogP contribution in [-0.2, 0) is 0 Å². The normalized spacial score (nSPS) is 18.5. The Labute approximate surface area is 165 Å². The molecule has 0 unspecified atom stereocenters. The van der Waals surface area contributed by atoms with E-state index < -0.39 is 5.82 Å². The molecular formula is C20H18ClFN4O2. The summed E-state index contributed by atoms with van der Waals surface area (Å²) in [4.78, 5) is 10.8. The number of hydrogen-bond donors (Lipinski definition) is 2. The van der Waals surface area contributed by atoms with E-state index in [2.05, 4.69) is 20.2 Å². The van der Waals surface area contributed by atoms with Crippen LogP contribution in [0.1, 0.15) is 5.56 Å². The summed E-state index contributed by atoms with van der Waals surface area (Å²) in [6.45, 7) is 4.47. The second-order valence-corrected chi connectivity index (χ2v) is 7.46. The molecule has 5 rings (SSSR count). The van der Waals surface area contributed by atoms with Crippen molar-refractivity contribution in [2.24, 2.45) is 0 Å². The first-order valence-electron chi connectivity index (χ1n) is 9.12. The maximum atomic E-state index is 15.7. The van der Waals surface area contributed by atoms with Crippen molar-refractivity contribution in [3.63, 3.8) is 0 Å². The summed E-state index contributed by atoms with van der Waals surface area (Å²) in [5, 5.41) is 14.4. The molecule has 1 saturated heterocycles. The zero-order valence-corrected chi connectivity index (χ0v) is 15.9. The molecule has 1 aromatic heterocycles. The number of halogens is 2. The molecule has 0 aliphatic carbocycles. The summed E-state index contributed by atoms with van der Waals surface area (Å²) in [7, 11) is 0. The lowest BCUT2D eigenvalue weighted by molar-refractivity contribution is 0.274. The minimum Gasteiger partial charge on any atom is -0.507 e. The number of nitrogens with zero attached hydrogens (tertiary/aromatic N) is 3. The van der Waals surface area contributed by atoms with E-state index in [1.54, 1.807) is 19.1 Å². The van der Waals surface area contributed by atoms with E-state index in [1.807, 2.05) is 0 Å². The van der Waals surface area contributed by atoms with Crippen LogP contribution in [0.3, 0.4) is 0 Å². The maximum Gasteiger partial charge on any atom is 0.159 e. The molecule has 2 aliphatic heterocycles. The Morgan fingerprint density at radius 2 is 2.18 bits per heavy atom. The zero-order valence-electron chi connectivity index (χ0n) is 15.2. The van der Waals surface area contributed by atoms with Gasteiger partial charge in [0.1, 0.15) is 30.0 Å². The van der Waals surface area contributed by atoms with E-state index in [1.165, 1.54) is 12.4 Å². The number of phenols is 1. The fourth-order valence-corrected chi connectivity index (χ4v) is 4.43. The van der Waals surface area contributed by atoms with Crippen LogP contribution in [0.4, 0.5) is 10.2 Å². The Kier molecular flexibility index (Phi) is 4.03. The number of benzene rings is 2. The number of anilines is 1. The molecule has 2 N–H and O–H groups in total. The Morgan fingerprint density at radius 1 is 1.32 bits per heavy atom. The average Bonchev–Trinajstić information content (AvgIpc) is 2.86. The van der Waals surface area contributed by atoms with Crippen LogP contribution in [0.25, 0.3) is 22.0 Å². The Hall–Kier alpha value is -2.64. The fourth-order valence-electron chi connectivity index (χ4n) is 4.11. The highest BCUT2D eigenvalue weighted by atomic mass is 35.5. The molecule has 0 spiro atoms. The summed E-state index contributed by atoms with van der Waals surface area (Å²) in [5.41, 5.74) is 1.29. The molecule has 2 aromatic carbocycles. The van der Waals surface area contributed by atoms with Gasteiger partial charge in [0.2, 0.25) is 0 Å². The molecule has 0 bridgehead atoms. The lowest BCUT2D eigenvalue weighted by Gasteiger charge is -2.35. The Balaban J connectivity index is 1.86. The number of aryl methyl sites for hydroxylation is 1. The predicted molar refractivity (Wildman–Crippen MR) is 106 cm³/mol. The van der Waals surface area contributed by atoms with Crippen molar-refractivity contribution in [1.82, 2.24) is 15.3 Å². The topological polar surface area (TPSA) is 70.5 Å². The van der Waals surface area contributed by atoms with Crippen molar-refractivity contribution in [2.75, 3.05) is 31.1 Å². The molecule has 0 amide bonds. The third-order valence-corrected chi connectivity index (χ3v) is 5.80. The SMILES string of the molecule is Cc1cccc(O)c1-c1c(Cl)c2c3c(ncnc3c1F)N1CCNC[C@H]1CO2. The minimum atomic E-state index is -0.589. The van der Waals surface area contributed by atoms with Gasteiger partial charge in [0.05, 0.1) is 16.5 Å². The largest absolute Gasteiger partial charge is 0.507 e. The summed E-state index contributed by atoms with van der Waals surface area (Å²) < 4.78 is 21.8. The summed E-state index contributed by atoms with van der Waals surface area (Å²) in [5.74, 6) is 0.358. The number of rotatable bonds is 1. The number of aromatic hydroxyl groups is 1. The molecule has 1 fully saturated rings. The smallest absolute Gasteiger partial charge is 0.159 e. The van der Waals surface area contributed by atoms with E-state index >= 15 is 4.39 Å². The molecule has 3 heterocycles. The van der Waals surface area contributed by atoms with E-state index in [4.69, 9.17) is 16.3 Å². The van der Waals surface area contributed by atoms with Crippen LogP contribution < -0.4 is 15.0 Å². The second-order valence-electron chi connectivity index (χ2n) is 7.08. The van der Waals surface area contributed by atoms with Gasteiger partial charge in [0, 0.05) is 30.8 Å². The van der Waals surface area contributed by atoms with Crippen LogP contribution in [0, 0.1) is 12.7 Å². The number of nitrogens with one attached hydrogen (secondary N) is 1. The number of phenolic OH excluding ortho intramolecular Hbond substituents is 1. The molecule has 8 heteroatoms. The molecular weight excluding hydrogens is 383 g/mol. The monoisotopic (exact) mass is 400 g/mol. The number of ether oxygens (including phenoxy) is 1. The van der Waals surface area contributed by atoms with Gasteiger partial charge >= 0.3 is 0 Å². The van der Waals surface area contributed by atoms with E-state index in [9.17, 15) is 5.11 Å². The van der Waals surface area contributed by atoms with Gasteiger partial charge in [-0.1, -0.05) is 23.7 Å². The predicted octanol–water partition coefficient (Wildman–Crippen LogP) is 3.27. The lowest BCUT2D eigenvalue weighted by atomic mass is 9.96. The van der Waals surface area contributed by atoms with Gasteiger partial charge in [0.15, 0.2) is 11.6 Å². The molecule has 1 atom stereocenters. The molecule has 6 nitrogen and oxygen atoms in total. The maximum absolute atomic E-state index is 15.7. The fraction of sp³-hybridized carbons (Fsp3) is 0.300. The molecule has 0 saturated carbocycles. The lowest BCUT2D eigenvalue weighted by Crippen LogP contribution is -2.53. The van der Waals surface area contributed by atoms with Gasteiger partial charge in [-0.25, -0.2) is 14.4 Å². The number of aromatic nitrogens is 2. The van der Waals surface area contributed by atoms with Crippen LogP contribution in [0.2, 0.25) is 5.02 Å². The summed E-state index contributed by atoms with van der Waals surface area (Å²) in [6.07, 6.45) is 1.37. The minimum absolute atomic E-state index is 0.0446. The molecule has 2 aliphatic rings. The van der Waals surface area contributed by atoms with E-state index in [0.29, 0.717) is 34.7 Å². The van der Waals surface area contributed by atoms with Crippen molar-refractivity contribution in [1.29, 1.82) is 0 Å². The van der Waals surface area contributed by atoms with Gasteiger partial charge in [0.25, 0.3) is 0 Å². The van der Waals surface area contributed by atoms with Crippen molar-refractivity contribution in [3.8, 4) is 22.6 Å². The number of fused-ring (bicyclic) bond motifs is 2. The van der Waals surface area contributed by atoms with Crippen molar-refractivity contribution in [2.45, 2.75) is 13.0 Å². The first-order chi connectivity index (χ1) is 13.6. The van der Waals surface area contributed by atoms with Gasteiger partial charge in [-0.2, -0.15) is 0 Å². The van der Waals surface area contributed by atoms with Crippen molar-refractivity contribution >= 4 is 28.3 Å². The number of piperazine rings is 1. The molecule has 144 valence electrons. The third kappa shape index (κ3) is 2.43. The molecule has 3 aromatic rings. The van der Waals surface area contributed by atoms with E-state index in [-0.39, 0.29) is 27.9 Å². The van der Waals surface area contributed by atoms with E-state index in [0.717, 1.165) is 19.6 Å². The quantitative estimate of drug-likeness (QED) is 0.653. The highest BCUT2D eigenvalue weighted by molar-refractivity contribution is 6.36. The number of hydrogen-bond acceptors (Lipinski definition) is 6. The second kappa shape index (κ2) is 6.46. The van der Waals surface area contributed by atoms with Crippen LogP contribution in [0.15, 0.2) is 24.5 Å². The van der Waals surface area contributed by atoms with Gasteiger partial charge in [-0.05, 0) is 18.6 Å². The van der Waals surface area contributed by atoms with Crippen LogP contribution in [0.5, 0.6) is 11.5 Å². The first kappa shape index (κ1) is 17.5. The molecule has 28 heavy (non-hydrogen) atoms. The van der Waals surface area contributed by atoms with Crippen LogP contribution >= 0.6 is 11.6 Å². The standard InChI is InChI=1S/C20H18ClFN4O2/c1-10-3-2-4-12(27)13(10)14-16(21)19-15-18(17(14)22)24-9-25-20(15)26-6-5-23-7-11(26)8-28-19/h2-4,9,11,23,27H,5-8H2,1H3/t11-/m0/s1. The van der Waals surface area contributed by atoms with Gasteiger partial charge in [-0.15, -0.1) is 0 Å². The van der Waals surface area contributed by atoms with Gasteiger partial charge in [-0.3, -0.25) is 0 Å². The third-order valence-electron chi connectivity index (χ3n) is 5.44.